The molecule has 1 atom stereocenters. The Hall–Kier alpha value is -2.00. The summed E-state index contributed by atoms with van der Waals surface area (Å²) in [5, 5.41) is 3.71. The number of rotatable bonds is 8. The van der Waals surface area contributed by atoms with Crippen molar-refractivity contribution in [2.45, 2.75) is 39.2 Å². The number of hydrogen-bond donors (Lipinski definition) is 1. The number of aryl methyl sites for hydroxylation is 1. The van der Waals surface area contributed by atoms with Gasteiger partial charge in [-0.25, -0.2) is 0 Å². The van der Waals surface area contributed by atoms with E-state index in [1.165, 1.54) is 5.56 Å². The molecule has 24 heavy (non-hydrogen) atoms. The summed E-state index contributed by atoms with van der Waals surface area (Å²) in [5.41, 5.74) is 2.43. The van der Waals surface area contributed by atoms with Gasteiger partial charge in [-0.1, -0.05) is 42.8 Å². The maximum absolute atomic E-state index is 12.0. The molecule has 0 aliphatic carbocycles. The molecule has 2 rings (SSSR count). The highest BCUT2D eigenvalue weighted by Gasteiger charge is 2.09. The summed E-state index contributed by atoms with van der Waals surface area (Å²) in [6, 6.07) is 15.6. The number of carbonyl (C=O) groups excluding carboxylic acids is 1. The zero-order chi connectivity index (χ0) is 17.4. The number of ether oxygens (including phenoxy) is 1. The summed E-state index contributed by atoms with van der Waals surface area (Å²) in [6.45, 7) is 4.64. The van der Waals surface area contributed by atoms with Gasteiger partial charge in [-0.05, 0) is 55.2 Å². The number of benzene rings is 2. The fourth-order valence-electron chi connectivity index (χ4n) is 2.39. The molecule has 1 amide bonds. The van der Waals surface area contributed by atoms with Gasteiger partial charge in [-0.15, -0.1) is 0 Å². The van der Waals surface area contributed by atoms with Crippen molar-refractivity contribution in [3.63, 3.8) is 0 Å². The minimum Gasteiger partial charge on any atom is -0.494 e. The fraction of sp³-hybridized carbons (Fsp3) is 0.350. The van der Waals surface area contributed by atoms with Crippen LogP contribution in [0.15, 0.2) is 48.5 Å². The zero-order valence-electron chi connectivity index (χ0n) is 14.2. The lowest BCUT2D eigenvalue weighted by Crippen LogP contribution is -2.26. The third kappa shape index (κ3) is 5.89. The Morgan fingerprint density at radius 2 is 1.79 bits per heavy atom. The maximum Gasteiger partial charge on any atom is 0.220 e. The van der Waals surface area contributed by atoms with Gasteiger partial charge in [0, 0.05) is 11.4 Å². The topological polar surface area (TPSA) is 38.3 Å². The predicted molar refractivity (Wildman–Crippen MR) is 98.6 cm³/mol. The van der Waals surface area contributed by atoms with Crippen molar-refractivity contribution in [2.24, 2.45) is 0 Å². The van der Waals surface area contributed by atoms with Crippen LogP contribution in [0.3, 0.4) is 0 Å². The molecule has 4 heteroatoms. The van der Waals surface area contributed by atoms with Crippen LogP contribution in [-0.4, -0.2) is 12.5 Å². The number of amides is 1. The summed E-state index contributed by atoms with van der Waals surface area (Å²) in [5.74, 6) is 0.811. The van der Waals surface area contributed by atoms with Crippen molar-refractivity contribution in [3.05, 3.63) is 64.7 Å². The Morgan fingerprint density at radius 3 is 2.42 bits per heavy atom. The third-order valence-electron chi connectivity index (χ3n) is 3.90. The number of carbonyl (C=O) groups is 1. The van der Waals surface area contributed by atoms with E-state index in [9.17, 15) is 4.79 Å². The smallest absolute Gasteiger partial charge is 0.220 e. The summed E-state index contributed by atoms with van der Waals surface area (Å²) in [7, 11) is 0. The van der Waals surface area contributed by atoms with Crippen LogP contribution in [0.4, 0.5) is 0 Å². The Morgan fingerprint density at radius 1 is 1.12 bits per heavy atom. The molecular formula is C20H24ClNO2. The molecule has 0 saturated carbocycles. The molecule has 1 N–H and O–H groups in total. The molecule has 0 saturated heterocycles. The van der Waals surface area contributed by atoms with Crippen LogP contribution in [0, 0.1) is 0 Å². The van der Waals surface area contributed by atoms with Gasteiger partial charge in [0.15, 0.2) is 0 Å². The average Bonchev–Trinajstić information content (AvgIpc) is 2.60. The Labute approximate surface area is 149 Å². The molecule has 0 heterocycles. The minimum absolute atomic E-state index is 0.0144. The largest absolute Gasteiger partial charge is 0.494 e. The zero-order valence-corrected chi connectivity index (χ0v) is 15.0. The molecule has 0 bridgehead atoms. The first-order valence-electron chi connectivity index (χ1n) is 8.35. The standard InChI is InChI=1S/C20H24ClNO2/c1-3-16-6-8-17(9-7-16)15(2)22-20(23)5-4-14-24-19-12-10-18(21)11-13-19/h6-13,15H,3-5,14H2,1-2H3,(H,22,23)/t15-/m1/s1. The van der Waals surface area contributed by atoms with Crippen LogP contribution in [0.1, 0.15) is 43.9 Å². The first-order chi connectivity index (χ1) is 11.6. The van der Waals surface area contributed by atoms with E-state index in [1.807, 2.05) is 19.1 Å². The van der Waals surface area contributed by atoms with Crippen LogP contribution < -0.4 is 10.1 Å². The van der Waals surface area contributed by atoms with Crippen molar-refractivity contribution in [3.8, 4) is 5.75 Å². The predicted octanol–water partition coefficient (Wildman–Crippen LogP) is 4.94. The molecule has 128 valence electrons. The van der Waals surface area contributed by atoms with Crippen LogP contribution >= 0.6 is 11.6 Å². The second-order valence-electron chi connectivity index (χ2n) is 5.79. The first kappa shape index (κ1) is 18.3. The summed E-state index contributed by atoms with van der Waals surface area (Å²) in [4.78, 5) is 12.0. The van der Waals surface area contributed by atoms with Gasteiger partial charge < -0.3 is 10.1 Å². The second-order valence-corrected chi connectivity index (χ2v) is 6.23. The molecule has 2 aromatic carbocycles. The minimum atomic E-state index is 0.0144. The SMILES string of the molecule is CCc1ccc([C@@H](C)NC(=O)CCCOc2ccc(Cl)cc2)cc1. The molecule has 0 aromatic heterocycles. The van der Waals surface area contributed by atoms with E-state index < -0.39 is 0 Å². The molecule has 0 aliphatic rings. The van der Waals surface area contributed by atoms with Crippen molar-refractivity contribution >= 4 is 17.5 Å². The molecule has 3 nitrogen and oxygen atoms in total. The lowest BCUT2D eigenvalue weighted by atomic mass is 10.0. The number of hydrogen-bond acceptors (Lipinski definition) is 2. The third-order valence-corrected chi connectivity index (χ3v) is 4.15. The second kappa shape index (κ2) is 9.33. The number of nitrogens with one attached hydrogen (secondary N) is 1. The number of halogens is 1. The summed E-state index contributed by atoms with van der Waals surface area (Å²) >= 11 is 5.82. The van der Waals surface area contributed by atoms with Gasteiger partial charge in [-0.3, -0.25) is 4.79 Å². The molecule has 0 aliphatic heterocycles. The van der Waals surface area contributed by atoms with E-state index in [0.717, 1.165) is 17.7 Å². The maximum atomic E-state index is 12.0. The Bertz CT molecular complexity index is 638. The van der Waals surface area contributed by atoms with E-state index in [4.69, 9.17) is 16.3 Å². The quantitative estimate of drug-likeness (QED) is 0.688. The van der Waals surface area contributed by atoms with Crippen molar-refractivity contribution in [1.82, 2.24) is 5.32 Å². The lowest BCUT2D eigenvalue weighted by Gasteiger charge is -2.15. The molecular weight excluding hydrogens is 322 g/mol. The highest BCUT2D eigenvalue weighted by molar-refractivity contribution is 6.30. The van der Waals surface area contributed by atoms with E-state index in [-0.39, 0.29) is 11.9 Å². The molecule has 0 radical (unpaired) electrons. The van der Waals surface area contributed by atoms with Crippen LogP contribution in [-0.2, 0) is 11.2 Å². The van der Waals surface area contributed by atoms with E-state index in [1.54, 1.807) is 12.1 Å². The molecule has 2 aromatic rings. The van der Waals surface area contributed by atoms with Crippen LogP contribution in [0.5, 0.6) is 5.75 Å². The van der Waals surface area contributed by atoms with Crippen LogP contribution in [0.2, 0.25) is 5.02 Å². The Balaban J connectivity index is 1.69. The fourth-order valence-corrected chi connectivity index (χ4v) is 2.52. The van der Waals surface area contributed by atoms with Crippen molar-refractivity contribution < 1.29 is 9.53 Å². The first-order valence-corrected chi connectivity index (χ1v) is 8.73. The lowest BCUT2D eigenvalue weighted by molar-refractivity contribution is -0.121. The van der Waals surface area contributed by atoms with Gasteiger partial charge in [0.2, 0.25) is 5.91 Å². The summed E-state index contributed by atoms with van der Waals surface area (Å²) < 4.78 is 5.59. The highest BCUT2D eigenvalue weighted by atomic mass is 35.5. The van der Waals surface area contributed by atoms with E-state index >= 15 is 0 Å². The highest BCUT2D eigenvalue weighted by Crippen LogP contribution is 2.16. The van der Waals surface area contributed by atoms with Gasteiger partial charge in [0.1, 0.15) is 5.75 Å². The normalized spacial score (nSPS) is 11.8. The molecule has 0 spiro atoms. The molecule has 0 unspecified atom stereocenters. The monoisotopic (exact) mass is 345 g/mol. The van der Waals surface area contributed by atoms with Gasteiger partial charge in [0.25, 0.3) is 0 Å². The van der Waals surface area contributed by atoms with Crippen molar-refractivity contribution in [2.75, 3.05) is 6.61 Å². The van der Waals surface area contributed by atoms with E-state index in [2.05, 4.69) is 36.5 Å². The van der Waals surface area contributed by atoms with Crippen LogP contribution in [0.25, 0.3) is 0 Å². The Kier molecular flexibility index (Phi) is 7.13. The van der Waals surface area contributed by atoms with Gasteiger partial charge in [-0.2, -0.15) is 0 Å². The summed E-state index contributed by atoms with van der Waals surface area (Å²) in [6.07, 6.45) is 2.15. The van der Waals surface area contributed by atoms with Gasteiger partial charge in [0.05, 0.1) is 12.6 Å². The molecule has 0 fully saturated rings. The van der Waals surface area contributed by atoms with Gasteiger partial charge >= 0.3 is 0 Å². The van der Waals surface area contributed by atoms with Crippen molar-refractivity contribution in [1.29, 1.82) is 0 Å². The average molecular weight is 346 g/mol. The van der Waals surface area contributed by atoms with E-state index in [0.29, 0.717) is 24.5 Å².